The Hall–Kier alpha value is -2.47. The highest BCUT2D eigenvalue weighted by Crippen LogP contribution is 2.22. The molecule has 1 unspecified atom stereocenters. The molecule has 6 heteroatoms. The van der Waals surface area contributed by atoms with Gasteiger partial charge in [0, 0.05) is 19.2 Å². The van der Waals surface area contributed by atoms with Crippen LogP contribution in [0.25, 0.3) is 0 Å². The van der Waals surface area contributed by atoms with Crippen LogP contribution in [0.5, 0.6) is 0 Å². The predicted molar refractivity (Wildman–Crippen MR) is 89.8 cm³/mol. The molecule has 1 aliphatic heterocycles. The van der Waals surface area contributed by atoms with E-state index in [1.807, 2.05) is 37.3 Å². The summed E-state index contributed by atoms with van der Waals surface area (Å²) in [4.78, 5) is 26.2. The molecule has 1 atom stereocenters. The maximum absolute atomic E-state index is 12.7. The first-order valence-corrected chi connectivity index (χ1v) is 8.23. The molecule has 2 aromatic rings. The average molecular weight is 327 g/mol. The third-order valence-corrected chi connectivity index (χ3v) is 4.05. The smallest absolute Gasteiger partial charge is 0.274 e. The predicted octanol–water partition coefficient (Wildman–Crippen LogP) is 1.87. The van der Waals surface area contributed by atoms with Crippen molar-refractivity contribution in [2.45, 2.75) is 26.0 Å². The van der Waals surface area contributed by atoms with E-state index in [0.29, 0.717) is 31.9 Å². The molecule has 0 N–H and O–H groups in total. The zero-order valence-corrected chi connectivity index (χ0v) is 13.7. The zero-order valence-electron chi connectivity index (χ0n) is 13.7. The maximum atomic E-state index is 12.7. The van der Waals surface area contributed by atoms with Gasteiger partial charge in [-0.2, -0.15) is 5.10 Å². The lowest BCUT2D eigenvalue weighted by molar-refractivity contribution is -0.0230. The van der Waals surface area contributed by atoms with Crippen molar-refractivity contribution < 1.29 is 9.53 Å². The minimum atomic E-state index is -0.183. The molecule has 0 bridgehead atoms. The number of carbonyl (C=O) groups is 1. The Morgan fingerprint density at radius 1 is 1.25 bits per heavy atom. The van der Waals surface area contributed by atoms with Gasteiger partial charge < -0.3 is 9.64 Å². The summed E-state index contributed by atoms with van der Waals surface area (Å²) >= 11 is 0. The van der Waals surface area contributed by atoms with Gasteiger partial charge >= 0.3 is 0 Å². The Morgan fingerprint density at radius 2 is 2.04 bits per heavy atom. The fourth-order valence-electron chi connectivity index (χ4n) is 2.80. The molecule has 6 nitrogen and oxygen atoms in total. The Bertz CT molecular complexity index is 758. The minimum Gasteiger partial charge on any atom is -0.370 e. The van der Waals surface area contributed by atoms with Crippen molar-refractivity contribution in [1.82, 2.24) is 14.7 Å². The Kier molecular flexibility index (Phi) is 5.05. The van der Waals surface area contributed by atoms with Gasteiger partial charge in [-0.25, -0.2) is 4.68 Å². The number of amides is 1. The topological polar surface area (TPSA) is 64.4 Å². The molecule has 24 heavy (non-hydrogen) atoms. The number of ether oxygens (including phenoxy) is 1. The molecule has 2 heterocycles. The second-order valence-corrected chi connectivity index (χ2v) is 5.80. The summed E-state index contributed by atoms with van der Waals surface area (Å²) in [6.07, 6.45) is 0.656. The number of morpholine rings is 1. The Morgan fingerprint density at radius 3 is 2.79 bits per heavy atom. The molecule has 1 aliphatic rings. The molecule has 1 fully saturated rings. The van der Waals surface area contributed by atoms with Gasteiger partial charge in [0.1, 0.15) is 11.8 Å². The second kappa shape index (κ2) is 7.40. The van der Waals surface area contributed by atoms with Crippen molar-refractivity contribution in [3.8, 4) is 0 Å². The van der Waals surface area contributed by atoms with Crippen molar-refractivity contribution in [2.24, 2.45) is 0 Å². The fraction of sp³-hybridized carbons (Fsp3) is 0.389. The third-order valence-electron chi connectivity index (χ3n) is 4.05. The van der Waals surface area contributed by atoms with E-state index in [1.54, 1.807) is 4.90 Å². The number of hydrogen-bond acceptors (Lipinski definition) is 4. The van der Waals surface area contributed by atoms with E-state index in [9.17, 15) is 9.59 Å². The highest BCUT2D eigenvalue weighted by Gasteiger charge is 2.27. The number of hydrogen-bond donors (Lipinski definition) is 0. The van der Waals surface area contributed by atoms with Gasteiger partial charge in [0.2, 0.25) is 0 Å². The van der Waals surface area contributed by atoms with Crippen LogP contribution in [-0.2, 0) is 11.3 Å². The molecule has 3 rings (SSSR count). The van der Waals surface area contributed by atoms with Crippen molar-refractivity contribution in [3.63, 3.8) is 0 Å². The lowest BCUT2D eigenvalue weighted by atomic mass is 10.1. The first-order chi connectivity index (χ1) is 11.7. The van der Waals surface area contributed by atoms with E-state index in [-0.39, 0.29) is 17.6 Å². The van der Waals surface area contributed by atoms with Crippen LogP contribution in [0.4, 0.5) is 0 Å². The van der Waals surface area contributed by atoms with Crippen LogP contribution in [0.2, 0.25) is 0 Å². The van der Waals surface area contributed by atoms with E-state index in [4.69, 9.17) is 4.74 Å². The van der Waals surface area contributed by atoms with Gasteiger partial charge in [-0.05, 0) is 18.1 Å². The quantitative estimate of drug-likeness (QED) is 0.860. The molecule has 1 amide bonds. The molecule has 0 spiro atoms. The minimum absolute atomic E-state index is 0.134. The van der Waals surface area contributed by atoms with Gasteiger partial charge in [-0.15, -0.1) is 0 Å². The van der Waals surface area contributed by atoms with Crippen LogP contribution >= 0.6 is 0 Å². The lowest BCUT2D eigenvalue weighted by Crippen LogP contribution is -2.43. The summed E-state index contributed by atoms with van der Waals surface area (Å²) in [5.41, 5.74) is 1.17. The molecule has 1 aromatic heterocycles. The van der Waals surface area contributed by atoms with E-state index < -0.39 is 0 Å². The molecule has 0 aliphatic carbocycles. The van der Waals surface area contributed by atoms with Crippen molar-refractivity contribution in [2.75, 3.05) is 19.7 Å². The fourth-order valence-corrected chi connectivity index (χ4v) is 2.80. The summed E-state index contributed by atoms with van der Waals surface area (Å²) in [6, 6.07) is 12.8. The average Bonchev–Trinajstić information content (AvgIpc) is 2.64. The number of carbonyl (C=O) groups excluding carboxylic acids is 1. The number of rotatable bonds is 4. The SMILES string of the molecule is CCCn1nc(C(=O)N2CCOC(c3ccccc3)C2)ccc1=O. The molecular formula is C18H21N3O3. The summed E-state index contributed by atoms with van der Waals surface area (Å²) in [7, 11) is 0. The van der Waals surface area contributed by atoms with Crippen LogP contribution in [0.15, 0.2) is 47.3 Å². The van der Waals surface area contributed by atoms with E-state index in [0.717, 1.165) is 12.0 Å². The van der Waals surface area contributed by atoms with Gasteiger partial charge in [0.15, 0.2) is 0 Å². The second-order valence-electron chi connectivity index (χ2n) is 5.80. The van der Waals surface area contributed by atoms with Crippen LogP contribution in [-0.4, -0.2) is 40.3 Å². The first-order valence-electron chi connectivity index (χ1n) is 8.23. The molecule has 0 radical (unpaired) electrons. The van der Waals surface area contributed by atoms with Crippen molar-refractivity contribution in [1.29, 1.82) is 0 Å². The summed E-state index contributed by atoms with van der Waals surface area (Å²) in [6.45, 7) is 3.97. The first kappa shape index (κ1) is 16.4. The van der Waals surface area contributed by atoms with Crippen LogP contribution < -0.4 is 5.56 Å². The van der Waals surface area contributed by atoms with Crippen LogP contribution in [0, 0.1) is 0 Å². The zero-order chi connectivity index (χ0) is 16.9. The van der Waals surface area contributed by atoms with Crippen molar-refractivity contribution >= 4 is 5.91 Å². The molecule has 1 saturated heterocycles. The lowest BCUT2D eigenvalue weighted by Gasteiger charge is -2.33. The number of aryl methyl sites for hydroxylation is 1. The molecule has 0 saturated carbocycles. The monoisotopic (exact) mass is 327 g/mol. The standard InChI is InChI=1S/C18H21N3O3/c1-2-10-21-17(22)9-8-15(19-21)18(23)20-11-12-24-16(13-20)14-6-4-3-5-7-14/h3-9,16H,2,10-13H2,1H3. The van der Waals surface area contributed by atoms with Gasteiger partial charge in [0.05, 0.1) is 13.2 Å². The van der Waals surface area contributed by atoms with Gasteiger partial charge in [0.25, 0.3) is 11.5 Å². The third kappa shape index (κ3) is 3.54. The van der Waals surface area contributed by atoms with Gasteiger partial charge in [-0.3, -0.25) is 9.59 Å². The van der Waals surface area contributed by atoms with E-state index in [1.165, 1.54) is 16.8 Å². The molecule has 126 valence electrons. The number of benzene rings is 1. The normalized spacial score (nSPS) is 17.7. The van der Waals surface area contributed by atoms with E-state index in [2.05, 4.69) is 5.10 Å². The molecular weight excluding hydrogens is 306 g/mol. The van der Waals surface area contributed by atoms with Crippen molar-refractivity contribution in [3.05, 3.63) is 64.1 Å². The molecule has 1 aromatic carbocycles. The van der Waals surface area contributed by atoms with Crippen LogP contribution in [0.1, 0.15) is 35.5 Å². The van der Waals surface area contributed by atoms with Gasteiger partial charge in [-0.1, -0.05) is 37.3 Å². The highest BCUT2D eigenvalue weighted by molar-refractivity contribution is 5.92. The van der Waals surface area contributed by atoms with Crippen LogP contribution in [0.3, 0.4) is 0 Å². The number of aromatic nitrogens is 2. The highest BCUT2D eigenvalue weighted by atomic mass is 16.5. The maximum Gasteiger partial charge on any atom is 0.274 e. The summed E-state index contributed by atoms with van der Waals surface area (Å²) in [5.74, 6) is -0.163. The summed E-state index contributed by atoms with van der Waals surface area (Å²) in [5, 5.41) is 4.21. The summed E-state index contributed by atoms with van der Waals surface area (Å²) < 4.78 is 7.14. The Labute approximate surface area is 140 Å². The van der Waals surface area contributed by atoms with E-state index >= 15 is 0 Å². The Balaban J connectivity index is 1.77. The number of nitrogens with zero attached hydrogens (tertiary/aromatic N) is 3. The largest absolute Gasteiger partial charge is 0.370 e.